The molecule has 1 heterocycles. The predicted molar refractivity (Wildman–Crippen MR) is 63.7 cm³/mol. The molecule has 0 unspecified atom stereocenters. The van der Waals surface area contributed by atoms with Gasteiger partial charge in [0.15, 0.2) is 0 Å². The van der Waals surface area contributed by atoms with Gasteiger partial charge in [0.2, 0.25) is 0 Å². The van der Waals surface area contributed by atoms with Crippen LogP contribution in [0.4, 0.5) is 11.4 Å². The van der Waals surface area contributed by atoms with Gasteiger partial charge in [-0.15, -0.1) is 0 Å². The summed E-state index contributed by atoms with van der Waals surface area (Å²) in [6.45, 7) is 2.82. The molecule has 0 bridgehead atoms. The normalized spacial score (nSPS) is 10.2. The highest BCUT2D eigenvalue weighted by Gasteiger charge is 1.98. The molecule has 0 atom stereocenters. The molecular weight excluding hydrogens is 186 g/mol. The molecule has 0 amide bonds. The minimum absolute atomic E-state index is 0.788. The molecule has 1 aromatic heterocycles. The van der Waals surface area contributed by atoms with Crippen LogP contribution in [-0.4, -0.2) is 4.98 Å². The van der Waals surface area contributed by atoms with Gasteiger partial charge >= 0.3 is 0 Å². The Labute approximate surface area is 89.3 Å². The van der Waals surface area contributed by atoms with E-state index in [4.69, 9.17) is 5.73 Å². The van der Waals surface area contributed by atoms with Crippen molar-refractivity contribution in [3.63, 3.8) is 0 Å². The monoisotopic (exact) mass is 201 g/mol. The molecule has 0 radical (unpaired) electrons. The van der Waals surface area contributed by atoms with Crippen molar-refractivity contribution < 1.29 is 0 Å². The Bertz CT molecular complexity index is 432. The molecule has 2 rings (SSSR count). The largest absolute Gasteiger partial charge is 0.397 e. The molecule has 4 N–H and O–H groups in total. The molecule has 3 heteroatoms. The van der Waals surface area contributed by atoms with E-state index in [1.54, 1.807) is 0 Å². The predicted octanol–water partition coefficient (Wildman–Crippen LogP) is 2.52. The summed E-state index contributed by atoms with van der Waals surface area (Å²) in [4.78, 5) is 3.02. The highest BCUT2D eigenvalue weighted by atomic mass is 14.9. The first kappa shape index (κ1) is 9.65. The van der Waals surface area contributed by atoms with Crippen LogP contribution in [0.5, 0.6) is 0 Å². The lowest BCUT2D eigenvalue weighted by atomic mass is 10.2. The molecule has 15 heavy (non-hydrogen) atoms. The summed E-state index contributed by atoms with van der Waals surface area (Å²) >= 11 is 0. The van der Waals surface area contributed by atoms with E-state index in [0.717, 1.165) is 17.9 Å². The molecule has 0 saturated carbocycles. The summed E-state index contributed by atoms with van der Waals surface area (Å²) in [5.41, 5.74) is 10.1. The van der Waals surface area contributed by atoms with Crippen molar-refractivity contribution in [2.24, 2.45) is 0 Å². The van der Waals surface area contributed by atoms with E-state index in [-0.39, 0.29) is 0 Å². The average Bonchev–Trinajstić information content (AvgIpc) is 2.69. The SMILES string of the molecule is Cc1ccc(NCc2cc[nH]c2)c(N)c1. The number of hydrogen-bond acceptors (Lipinski definition) is 2. The van der Waals surface area contributed by atoms with Crippen molar-refractivity contribution in [3.05, 3.63) is 47.8 Å². The summed E-state index contributed by atoms with van der Waals surface area (Å²) in [5, 5.41) is 3.30. The first-order valence-electron chi connectivity index (χ1n) is 4.97. The summed E-state index contributed by atoms with van der Waals surface area (Å²) in [5.74, 6) is 0. The highest BCUT2D eigenvalue weighted by Crippen LogP contribution is 2.19. The van der Waals surface area contributed by atoms with Crippen LogP contribution >= 0.6 is 0 Å². The van der Waals surface area contributed by atoms with E-state index >= 15 is 0 Å². The van der Waals surface area contributed by atoms with Gasteiger partial charge in [-0.25, -0.2) is 0 Å². The molecule has 0 saturated heterocycles. The maximum absolute atomic E-state index is 5.89. The van der Waals surface area contributed by atoms with Crippen molar-refractivity contribution in [2.45, 2.75) is 13.5 Å². The number of anilines is 2. The number of benzene rings is 1. The van der Waals surface area contributed by atoms with Gasteiger partial charge in [-0.3, -0.25) is 0 Å². The molecule has 0 aliphatic rings. The quantitative estimate of drug-likeness (QED) is 0.668. The van der Waals surface area contributed by atoms with E-state index in [1.807, 2.05) is 37.5 Å². The van der Waals surface area contributed by atoms with E-state index in [0.29, 0.717) is 0 Å². The van der Waals surface area contributed by atoms with Gasteiger partial charge < -0.3 is 16.0 Å². The second kappa shape index (κ2) is 4.09. The van der Waals surface area contributed by atoms with Crippen LogP contribution < -0.4 is 11.1 Å². The molecule has 0 fully saturated rings. The van der Waals surface area contributed by atoms with Crippen LogP contribution in [0.1, 0.15) is 11.1 Å². The second-order valence-corrected chi connectivity index (χ2v) is 3.66. The summed E-state index contributed by atoms with van der Waals surface area (Å²) in [7, 11) is 0. The fraction of sp³-hybridized carbons (Fsp3) is 0.167. The van der Waals surface area contributed by atoms with Gasteiger partial charge in [0.1, 0.15) is 0 Å². The maximum Gasteiger partial charge on any atom is 0.0576 e. The van der Waals surface area contributed by atoms with Crippen LogP contribution in [-0.2, 0) is 6.54 Å². The van der Waals surface area contributed by atoms with Crippen LogP contribution in [0.2, 0.25) is 0 Å². The third-order valence-electron chi connectivity index (χ3n) is 2.35. The van der Waals surface area contributed by atoms with Crippen molar-refractivity contribution in [1.29, 1.82) is 0 Å². The third-order valence-corrected chi connectivity index (χ3v) is 2.35. The van der Waals surface area contributed by atoms with E-state index < -0.39 is 0 Å². The van der Waals surface area contributed by atoms with E-state index in [1.165, 1.54) is 11.1 Å². The molecule has 2 aromatic rings. The van der Waals surface area contributed by atoms with Crippen LogP contribution in [0.15, 0.2) is 36.7 Å². The topological polar surface area (TPSA) is 53.8 Å². The van der Waals surface area contributed by atoms with Gasteiger partial charge in [0.05, 0.1) is 11.4 Å². The Hall–Kier alpha value is -1.90. The Kier molecular flexibility index (Phi) is 2.63. The Morgan fingerprint density at radius 3 is 2.87 bits per heavy atom. The number of nitrogens with two attached hydrogens (primary N) is 1. The zero-order valence-electron chi connectivity index (χ0n) is 8.75. The lowest BCUT2D eigenvalue weighted by Crippen LogP contribution is -2.01. The minimum Gasteiger partial charge on any atom is -0.397 e. The minimum atomic E-state index is 0.788. The molecule has 0 aliphatic carbocycles. The van der Waals surface area contributed by atoms with Crippen LogP contribution in [0.25, 0.3) is 0 Å². The number of hydrogen-bond donors (Lipinski definition) is 3. The summed E-state index contributed by atoms with van der Waals surface area (Å²) < 4.78 is 0. The van der Waals surface area contributed by atoms with E-state index in [2.05, 4.69) is 16.4 Å². The number of aromatic amines is 1. The molecular formula is C12H15N3. The molecule has 1 aromatic carbocycles. The second-order valence-electron chi connectivity index (χ2n) is 3.66. The fourth-order valence-electron chi connectivity index (χ4n) is 1.51. The average molecular weight is 201 g/mol. The fourth-order valence-corrected chi connectivity index (χ4v) is 1.51. The zero-order valence-corrected chi connectivity index (χ0v) is 8.75. The van der Waals surface area contributed by atoms with Crippen LogP contribution in [0, 0.1) is 6.92 Å². The number of rotatable bonds is 3. The molecule has 3 nitrogen and oxygen atoms in total. The van der Waals surface area contributed by atoms with Gasteiger partial charge in [0.25, 0.3) is 0 Å². The molecule has 0 aliphatic heterocycles. The number of nitrogens with one attached hydrogen (secondary N) is 2. The van der Waals surface area contributed by atoms with Gasteiger partial charge in [-0.05, 0) is 36.2 Å². The van der Waals surface area contributed by atoms with Crippen LogP contribution in [0.3, 0.4) is 0 Å². The van der Waals surface area contributed by atoms with Crippen molar-refractivity contribution in [3.8, 4) is 0 Å². The Balaban J connectivity index is 2.05. The van der Waals surface area contributed by atoms with Gasteiger partial charge in [0, 0.05) is 18.9 Å². The smallest absolute Gasteiger partial charge is 0.0576 e. The Morgan fingerprint density at radius 2 is 2.20 bits per heavy atom. The lowest BCUT2D eigenvalue weighted by molar-refractivity contribution is 1.15. The lowest BCUT2D eigenvalue weighted by Gasteiger charge is -2.08. The van der Waals surface area contributed by atoms with Crippen molar-refractivity contribution in [1.82, 2.24) is 4.98 Å². The summed E-state index contributed by atoms with van der Waals surface area (Å²) in [6, 6.07) is 8.07. The molecule has 0 spiro atoms. The van der Waals surface area contributed by atoms with Gasteiger partial charge in [-0.1, -0.05) is 6.07 Å². The zero-order chi connectivity index (χ0) is 10.7. The number of H-pyrrole nitrogens is 1. The maximum atomic E-state index is 5.89. The van der Waals surface area contributed by atoms with Crippen molar-refractivity contribution >= 4 is 11.4 Å². The van der Waals surface area contributed by atoms with Crippen molar-refractivity contribution in [2.75, 3.05) is 11.1 Å². The Morgan fingerprint density at radius 1 is 1.33 bits per heavy atom. The third kappa shape index (κ3) is 2.31. The first-order chi connectivity index (χ1) is 7.25. The molecule has 78 valence electrons. The standard InChI is InChI=1S/C12H15N3/c1-9-2-3-12(11(13)6-9)15-8-10-4-5-14-7-10/h2-7,14-15H,8,13H2,1H3. The van der Waals surface area contributed by atoms with Gasteiger partial charge in [-0.2, -0.15) is 0 Å². The first-order valence-corrected chi connectivity index (χ1v) is 4.97. The van der Waals surface area contributed by atoms with E-state index in [9.17, 15) is 0 Å². The number of aromatic nitrogens is 1. The summed E-state index contributed by atoms with van der Waals surface area (Å²) in [6.07, 6.45) is 3.88. The number of nitrogen functional groups attached to an aromatic ring is 1. The highest BCUT2D eigenvalue weighted by molar-refractivity contribution is 5.66. The number of aryl methyl sites for hydroxylation is 1.